The lowest BCUT2D eigenvalue weighted by molar-refractivity contribution is -0.945. The molecule has 1 aliphatic rings. The Morgan fingerprint density at radius 2 is 1.53 bits per heavy atom. The average Bonchev–Trinajstić information content (AvgIpc) is 3.16. The van der Waals surface area contributed by atoms with Gasteiger partial charge in [0.05, 0.1) is 13.1 Å². The van der Waals surface area contributed by atoms with Crippen molar-refractivity contribution in [3.63, 3.8) is 0 Å². The van der Waals surface area contributed by atoms with Crippen LogP contribution in [0.2, 0.25) is 5.02 Å². The molecule has 0 spiro atoms. The molecule has 0 aliphatic carbocycles. The smallest absolute Gasteiger partial charge is 0.139 e. The lowest BCUT2D eigenvalue weighted by Gasteiger charge is -2.41. The van der Waals surface area contributed by atoms with E-state index in [4.69, 9.17) is 20.8 Å². The highest BCUT2D eigenvalue weighted by Gasteiger charge is 2.30. The lowest BCUT2D eigenvalue weighted by Crippen LogP contribution is -2.52. The predicted octanol–water partition coefficient (Wildman–Crippen LogP) is 8.12. The molecule has 178 valence electrons. The van der Waals surface area contributed by atoms with Crippen LogP contribution in [-0.4, -0.2) is 30.7 Å². The quantitative estimate of drug-likeness (QED) is 0.262. The molecule has 1 fully saturated rings. The molecule has 1 saturated heterocycles. The second kappa shape index (κ2) is 9.28. The first-order valence-electron chi connectivity index (χ1n) is 12.5. The van der Waals surface area contributed by atoms with Gasteiger partial charge >= 0.3 is 0 Å². The largest absolute Gasteiger partial charge is 0.488 e. The van der Waals surface area contributed by atoms with Crippen molar-refractivity contribution in [2.75, 3.05) is 26.2 Å². The molecule has 2 heterocycles. The number of fused-ring (bicyclic) bond motifs is 3. The highest BCUT2D eigenvalue weighted by Crippen LogP contribution is 2.33. The van der Waals surface area contributed by atoms with Crippen molar-refractivity contribution >= 4 is 33.5 Å². The summed E-state index contributed by atoms with van der Waals surface area (Å²) in [6.45, 7) is 12.1. The third-order valence-electron chi connectivity index (χ3n) is 7.34. The zero-order valence-corrected chi connectivity index (χ0v) is 21.3. The van der Waals surface area contributed by atoms with E-state index in [1.54, 1.807) is 0 Å². The molecule has 1 aliphatic heterocycles. The summed E-state index contributed by atoms with van der Waals surface area (Å²) in [7, 11) is 0. The number of benzene rings is 3. The van der Waals surface area contributed by atoms with Gasteiger partial charge in [-0.05, 0) is 54.5 Å². The zero-order valence-electron chi connectivity index (χ0n) is 20.6. The molecule has 5 rings (SSSR count). The van der Waals surface area contributed by atoms with Gasteiger partial charge in [-0.1, -0.05) is 56.6 Å². The highest BCUT2D eigenvalue weighted by atomic mass is 35.5. The number of nitrogens with zero attached hydrogens (tertiary/aromatic N) is 1. The molecule has 4 aromatic rings. The molecule has 0 saturated carbocycles. The van der Waals surface area contributed by atoms with E-state index < -0.39 is 0 Å². The van der Waals surface area contributed by atoms with Gasteiger partial charge in [0.1, 0.15) is 36.6 Å². The monoisotopic (exact) mass is 476 g/mol. The highest BCUT2D eigenvalue weighted by molar-refractivity contribution is 6.31. The van der Waals surface area contributed by atoms with Gasteiger partial charge in [-0.25, -0.2) is 0 Å². The summed E-state index contributed by atoms with van der Waals surface area (Å²) in [5.74, 6) is 0.863. The van der Waals surface area contributed by atoms with Crippen molar-refractivity contribution in [3.05, 3.63) is 76.8 Å². The fourth-order valence-electron chi connectivity index (χ4n) is 5.32. The first-order valence-corrected chi connectivity index (χ1v) is 12.9. The Labute approximate surface area is 207 Å². The van der Waals surface area contributed by atoms with Gasteiger partial charge in [-0.15, -0.1) is 0 Å². The average molecular weight is 477 g/mol. The van der Waals surface area contributed by atoms with E-state index in [0.717, 1.165) is 45.3 Å². The van der Waals surface area contributed by atoms with Crippen LogP contribution in [0.4, 0.5) is 0 Å². The minimum Gasteiger partial charge on any atom is -0.488 e. The van der Waals surface area contributed by atoms with Crippen molar-refractivity contribution in [2.24, 2.45) is 0 Å². The summed E-state index contributed by atoms with van der Waals surface area (Å²) in [4.78, 5) is 0. The van der Waals surface area contributed by atoms with Crippen LogP contribution in [0.15, 0.2) is 65.1 Å². The van der Waals surface area contributed by atoms with Gasteiger partial charge in [0, 0.05) is 33.5 Å². The van der Waals surface area contributed by atoms with Gasteiger partial charge in [0.2, 0.25) is 0 Å². The van der Waals surface area contributed by atoms with E-state index >= 15 is 0 Å². The van der Waals surface area contributed by atoms with Gasteiger partial charge in [0.25, 0.3) is 0 Å². The number of piperidine rings is 1. The maximum Gasteiger partial charge on any atom is 0.139 e. The van der Waals surface area contributed by atoms with Gasteiger partial charge < -0.3 is 13.6 Å². The number of hydrogen-bond acceptors (Lipinski definition) is 2. The van der Waals surface area contributed by atoms with Crippen LogP contribution in [0.1, 0.15) is 51.2 Å². The van der Waals surface area contributed by atoms with E-state index in [2.05, 4.69) is 57.2 Å². The Balaban J connectivity index is 1.28. The minimum atomic E-state index is 0.191. The van der Waals surface area contributed by atoms with E-state index in [0.29, 0.717) is 11.6 Å². The first kappa shape index (κ1) is 23.3. The van der Waals surface area contributed by atoms with Crippen molar-refractivity contribution in [1.29, 1.82) is 0 Å². The van der Waals surface area contributed by atoms with Crippen LogP contribution >= 0.6 is 11.6 Å². The van der Waals surface area contributed by atoms with Gasteiger partial charge in [-0.3, -0.25) is 0 Å². The van der Waals surface area contributed by atoms with E-state index in [1.807, 2.05) is 24.3 Å². The van der Waals surface area contributed by atoms with Crippen LogP contribution < -0.4 is 4.74 Å². The maximum absolute atomic E-state index is 6.26. The summed E-state index contributed by atoms with van der Waals surface area (Å²) in [6.07, 6.45) is 3.94. The zero-order chi connectivity index (χ0) is 23.8. The number of hydrogen-bond donors (Lipinski definition) is 0. The van der Waals surface area contributed by atoms with Crippen LogP contribution in [0.25, 0.3) is 21.9 Å². The standard InChI is InChI=1S/C30H35ClNO2/c1-30(2,3)23-9-7-22(8-10-23)21-32(15-5-4-6-16-32)17-18-33-25-12-14-27-26-13-11-24(31)19-28(26)34-29(27)20-25/h7-14,19-20H,4-6,15-18,21H2,1-3H3/q+1. The van der Waals surface area contributed by atoms with Crippen molar-refractivity contribution in [3.8, 4) is 5.75 Å². The number of ether oxygens (including phenoxy) is 1. The summed E-state index contributed by atoms with van der Waals surface area (Å²) in [6, 6.07) is 21.2. The second-order valence-corrected chi connectivity index (χ2v) is 11.4. The van der Waals surface area contributed by atoms with Crippen molar-refractivity contribution < 1.29 is 13.6 Å². The number of quaternary nitrogens is 1. The van der Waals surface area contributed by atoms with Gasteiger partial charge in [-0.2, -0.15) is 0 Å². The molecule has 0 amide bonds. The third kappa shape index (κ3) is 4.96. The molecule has 0 N–H and O–H groups in total. The molecule has 3 aromatic carbocycles. The third-order valence-corrected chi connectivity index (χ3v) is 7.58. The van der Waals surface area contributed by atoms with E-state index in [1.165, 1.54) is 43.5 Å². The molecule has 0 unspecified atom stereocenters. The molecule has 34 heavy (non-hydrogen) atoms. The number of halogens is 1. The van der Waals surface area contributed by atoms with Crippen LogP contribution in [0.5, 0.6) is 5.75 Å². The molecular formula is C30H35ClNO2+. The second-order valence-electron chi connectivity index (χ2n) is 10.9. The first-order chi connectivity index (χ1) is 16.3. The van der Waals surface area contributed by atoms with Crippen LogP contribution in [-0.2, 0) is 12.0 Å². The summed E-state index contributed by atoms with van der Waals surface area (Å²) in [5.41, 5.74) is 4.67. The Kier molecular flexibility index (Phi) is 6.35. The molecule has 4 heteroatoms. The van der Waals surface area contributed by atoms with Crippen molar-refractivity contribution in [1.82, 2.24) is 0 Å². The predicted molar refractivity (Wildman–Crippen MR) is 142 cm³/mol. The fourth-order valence-corrected chi connectivity index (χ4v) is 5.48. The Hall–Kier alpha value is -2.49. The Bertz CT molecular complexity index is 1280. The molecule has 0 atom stereocenters. The SMILES string of the molecule is CC(C)(C)c1ccc(C[N+]2(CCOc3ccc4c(c3)oc3cc(Cl)ccc34)CCCCC2)cc1. The Morgan fingerprint density at radius 1 is 0.853 bits per heavy atom. The topological polar surface area (TPSA) is 22.4 Å². The minimum absolute atomic E-state index is 0.191. The summed E-state index contributed by atoms with van der Waals surface area (Å²) in [5, 5.41) is 2.87. The normalized spacial score (nSPS) is 16.2. The van der Waals surface area contributed by atoms with Gasteiger partial charge in [0.15, 0.2) is 0 Å². The Morgan fingerprint density at radius 3 is 2.24 bits per heavy atom. The lowest BCUT2D eigenvalue weighted by atomic mass is 9.86. The van der Waals surface area contributed by atoms with Crippen molar-refractivity contribution in [2.45, 2.75) is 52.0 Å². The van der Waals surface area contributed by atoms with Crippen LogP contribution in [0, 0.1) is 0 Å². The number of rotatable bonds is 6. The summed E-state index contributed by atoms with van der Waals surface area (Å²) >= 11 is 6.13. The number of likely N-dealkylation sites (tertiary alicyclic amines) is 1. The maximum atomic E-state index is 6.26. The fraction of sp³-hybridized carbons (Fsp3) is 0.400. The molecule has 1 aromatic heterocycles. The van der Waals surface area contributed by atoms with E-state index in [-0.39, 0.29) is 5.41 Å². The molecule has 0 bridgehead atoms. The molecule has 3 nitrogen and oxygen atoms in total. The number of furan rings is 1. The van der Waals surface area contributed by atoms with E-state index in [9.17, 15) is 0 Å². The molecule has 0 radical (unpaired) electrons. The summed E-state index contributed by atoms with van der Waals surface area (Å²) < 4.78 is 13.4. The molecular weight excluding hydrogens is 442 g/mol. The van der Waals surface area contributed by atoms with Crippen LogP contribution in [0.3, 0.4) is 0 Å².